The number of hydrazone groups is 1. The molecule has 2 heterocycles. The monoisotopic (exact) mass is 423 g/mol. The molecule has 0 spiro atoms. The topological polar surface area (TPSA) is 80.5 Å². The van der Waals surface area contributed by atoms with Gasteiger partial charge in [-0.2, -0.15) is 10.2 Å². The highest BCUT2D eigenvalue weighted by Gasteiger charge is 2.27. The molecule has 3 aromatic carbocycles. The van der Waals surface area contributed by atoms with Crippen LogP contribution in [0.3, 0.4) is 0 Å². The lowest BCUT2D eigenvalue weighted by molar-refractivity contribution is 0.0956. The first-order valence-corrected chi connectivity index (χ1v) is 10.3. The molecule has 1 aromatic heterocycles. The van der Waals surface area contributed by atoms with Crippen molar-refractivity contribution in [3.63, 3.8) is 0 Å². The number of ether oxygens (including phenoxy) is 1. The molecule has 1 atom stereocenters. The molecule has 1 unspecified atom stereocenters. The number of carbonyl (C=O) groups excluding carboxylic acids is 1. The van der Waals surface area contributed by atoms with Gasteiger partial charge in [0.25, 0.3) is 5.91 Å². The van der Waals surface area contributed by atoms with Crippen molar-refractivity contribution in [1.82, 2.24) is 15.2 Å². The van der Waals surface area contributed by atoms with Gasteiger partial charge in [0.15, 0.2) is 0 Å². The average molecular weight is 423 g/mol. The summed E-state index contributed by atoms with van der Waals surface area (Å²) < 4.78 is 7.64. The lowest BCUT2D eigenvalue weighted by Crippen LogP contribution is -2.18. The SMILES string of the molecule is O=C(N/N=C/c1cccc(Oc2ccccc2)c1)c1cnn2c1NC(c1ccccc1)C2. The van der Waals surface area contributed by atoms with Gasteiger partial charge < -0.3 is 10.1 Å². The first-order valence-electron chi connectivity index (χ1n) is 10.3. The maximum Gasteiger partial charge on any atom is 0.276 e. The van der Waals surface area contributed by atoms with E-state index in [2.05, 4.69) is 33.1 Å². The smallest absolute Gasteiger partial charge is 0.276 e. The molecule has 0 bridgehead atoms. The van der Waals surface area contributed by atoms with Gasteiger partial charge in [0.05, 0.1) is 25.0 Å². The van der Waals surface area contributed by atoms with Crippen LogP contribution in [0.4, 0.5) is 5.82 Å². The molecule has 7 nitrogen and oxygen atoms in total. The number of nitrogens with one attached hydrogen (secondary N) is 2. The van der Waals surface area contributed by atoms with Crippen molar-refractivity contribution in [2.24, 2.45) is 5.10 Å². The predicted octanol–water partition coefficient (Wildman–Crippen LogP) is 4.61. The number of hydrogen-bond donors (Lipinski definition) is 2. The van der Waals surface area contributed by atoms with Gasteiger partial charge in [0.1, 0.15) is 22.9 Å². The number of carbonyl (C=O) groups is 1. The molecule has 1 aliphatic heterocycles. The summed E-state index contributed by atoms with van der Waals surface area (Å²) in [6, 6.07) is 27.2. The van der Waals surface area contributed by atoms with Crippen LogP contribution < -0.4 is 15.5 Å². The second-order valence-electron chi connectivity index (χ2n) is 7.38. The summed E-state index contributed by atoms with van der Waals surface area (Å²) >= 11 is 0. The first-order chi connectivity index (χ1) is 15.8. The molecule has 0 radical (unpaired) electrons. The summed E-state index contributed by atoms with van der Waals surface area (Å²) in [5.74, 6) is 1.83. The van der Waals surface area contributed by atoms with E-state index >= 15 is 0 Å². The molecule has 4 aromatic rings. The largest absolute Gasteiger partial charge is 0.457 e. The molecular weight excluding hydrogens is 402 g/mol. The Morgan fingerprint density at radius 1 is 1.03 bits per heavy atom. The Labute approximate surface area is 185 Å². The standard InChI is InChI=1S/C25H21N5O2/c31-25(22-16-27-30-17-23(28-24(22)30)19-9-3-1-4-10-19)29-26-15-18-8-7-13-21(14-18)32-20-11-5-2-6-12-20/h1-16,23,28H,17H2,(H,29,31)/b26-15+. The van der Waals surface area contributed by atoms with Crippen LogP contribution in [-0.2, 0) is 6.54 Å². The van der Waals surface area contributed by atoms with Crippen molar-refractivity contribution in [3.05, 3.63) is 108 Å². The van der Waals surface area contributed by atoms with Crippen molar-refractivity contribution in [2.45, 2.75) is 12.6 Å². The number of aromatic nitrogens is 2. The Kier molecular flexibility index (Phi) is 5.36. The van der Waals surface area contributed by atoms with Gasteiger partial charge in [0, 0.05) is 0 Å². The van der Waals surface area contributed by atoms with Crippen molar-refractivity contribution in [3.8, 4) is 11.5 Å². The fourth-order valence-corrected chi connectivity index (χ4v) is 3.61. The Morgan fingerprint density at radius 2 is 1.78 bits per heavy atom. The van der Waals surface area contributed by atoms with E-state index in [9.17, 15) is 4.79 Å². The molecule has 0 saturated heterocycles. The van der Waals surface area contributed by atoms with Crippen molar-refractivity contribution < 1.29 is 9.53 Å². The predicted molar refractivity (Wildman–Crippen MR) is 123 cm³/mol. The fourth-order valence-electron chi connectivity index (χ4n) is 3.61. The van der Waals surface area contributed by atoms with Crippen LogP contribution in [-0.4, -0.2) is 21.9 Å². The van der Waals surface area contributed by atoms with Crippen LogP contribution in [0.1, 0.15) is 27.5 Å². The normalized spacial score (nSPS) is 14.7. The zero-order valence-corrected chi connectivity index (χ0v) is 17.2. The van der Waals surface area contributed by atoms with Gasteiger partial charge >= 0.3 is 0 Å². The summed E-state index contributed by atoms with van der Waals surface area (Å²) in [6.07, 6.45) is 3.14. The molecule has 158 valence electrons. The summed E-state index contributed by atoms with van der Waals surface area (Å²) in [4.78, 5) is 12.7. The number of benzene rings is 3. The Bertz CT molecular complexity index is 1250. The minimum Gasteiger partial charge on any atom is -0.457 e. The number of para-hydroxylation sites is 1. The van der Waals surface area contributed by atoms with Crippen LogP contribution in [0.2, 0.25) is 0 Å². The van der Waals surface area contributed by atoms with Crippen LogP contribution in [0.15, 0.2) is 96.2 Å². The van der Waals surface area contributed by atoms with Crippen molar-refractivity contribution >= 4 is 17.9 Å². The number of fused-ring (bicyclic) bond motifs is 1. The van der Waals surface area contributed by atoms with E-state index in [1.807, 2.05) is 72.8 Å². The molecule has 2 N–H and O–H groups in total. The zero-order valence-electron chi connectivity index (χ0n) is 17.2. The van der Waals surface area contributed by atoms with Crippen LogP contribution in [0.5, 0.6) is 11.5 Å². The first kappa shape index (κ1) is 19.6. The van der Waals surface area contributed by atoms with E-state index in [0.717, 1.165) is 16.9 Å². The lowest BCUT2D eigenvalue weighted by atomic mass is 10.1. The summed E-state index contributed by atoms with van der Waals surface area (Å²) in [5.41, 5.74) is 5.00. The van der Waals surface area contributed by atoms with Gasteiger partial charge in [0.2, 0.25) is 0 Å². The van der Waals surface area contributed by atoms with Gasteiger partial charge in [-0.25, -0.2) is 10.1 Å². The molecule has 1 amide bonds. The lowest BCUT2D eigenvalue weighted by Gasteiger charge is -2.10. The molecule has 0 saturated carbocycles. The van der Waals surface area contributed by atoms with E-state index in [-0.39, 0.29) is 11.9 Å². The maximum atomic E-state index is 12.7. The third kappa shape index (κ3) is 4.22. The van der Waals surface area contributed by atoms with E-state index in [1.165, 1.54) is 0 Å². The van der Waals surface area contributed by atoms with E-state index in [1.54, 1.807) is 17.1 Å². The van der Waals surface area contributed by atoms with Crippen LogP contribution >= 0.6 is 0 Å². The zero-order chi connectivity index (χ0) is 21.8. The highest BCUT2D eigenvalue weighted by atomic mass is 16.5. The maximum absolute atomic E-state index is 12.7. The van der Waals surface area contributed by atoms with Crippen LogP contribution in [0, 0.1) is 0 Å². The number of hydrogen-bond acceptors (Lipinski definition) is 5. The number of nitrogens with zero attached hydrogens (tertiary/aromatic N) is 3. The minimum absolute atomic E-state index is 0.0855. The average Bonchev–Trinajstić information content (AvgIpc) is 3.42. The van der Waals surface area contributed by atoms with Gasteiger partial charge in [-0.15, -0.1) is 0 Å². The second-order valence-corrected chi connectivity index (χ2v) is 7.38. The van der Waals surface area contributed by atoms with E-state index in [0.29, 0.717) is 23.7 Å². The summed E-state index contributed by atoms with van der Waals surface area (Å²) in [7, 11) is 0. The molecule has 0 fully saturated rings. The second kappa shape index (κ2) is 8.77. The molecule has 32 heavy (non-hydrogen) atoms. The Morgan fingerprint density at radius 3 is 2.59 bits per heavy atom. The van der Waals surface area contributed by atoms with Gasteiger partial charge in [-0.1, -0.05) is 60.7 Å². The summed E-state index contributed by atoms with van der Waals surface area (Å²) in [5, 5.41) is 11.8. The number of anilines is 1. The third-order valence-corrected chi connectivity index (χ3v) is 5.17. The minimum atomic E-state index is -0.319. The highest BCUT2D eigenvalue weighted by Crippen LogP contribution is 2.31. The van der Waals surface area contributed by atoms with Crippen molar-refractivity contribution in [1.29, 1.82) is 0 Å². The molecule has 1 aliphatic rings. The van der Waals surface area contributed by atoms with Crippen LogP contribution in [0.25, 0.3) is 0 Å². The fraction of sp³-hybridized carbons (Fsp3) is 0.0800. The molecule has 0 aliphatic carbocycles. The highest BCUT2D eigenvalue weighted by molar-refractivity contribution is 5.99. The molecular formula is C25H21N5O2. The number of rotatable bonds is 6. The Hall–Kier alpha value is -4.39. The quantitative estimate of drug-likeness (QED) is 0.351. The molecule has 5 rings (SSSR count). The molecule has 7 heteroatoms. The van der Waals surface area contributed by atoms with Gasteiger partial charge in [-0.3, -0.25) is 4.79 Å². The van der Waals surface area contributed by atoms with E-state index < -0.39 is 0 Å². The number of amides is 1. The summed E-state index contributed by atoms with van der Waals surface area (Å²) in [6.45, 7) is 0.671. The van der Waals surface area contributed by atoms with Crippen molar-refractivity contribution in [2.75, 3.05) is 5.32 Å². The third-order valence-electron chi connectivity index (χ3n) is 5.17. The Balaban J connectivity index is 1.23. The van der Waals surface area contributed by atoms with Gasteiger partial charge in [-0.05, 0) is 35.4 Å². The van der Waals surface area contributed by atoms with E-state index in [4.69, 9.17) is 4.74 Å².